The Balaban J connectivity index is 2.09. The maximum Gasteiger partial charge on any atom is 0.307 e. The van der Waals surface area contributed by atoms with Gasteiger partial charge in [-0.1, -0.05) is 6.07 Å². The lowest BCUT2D eigenvalue weighted by molar-refractivity contribution is -0.141. The van der Waals surface area contributed by atoms with E-state index in [0.717, 1.165) is 4.88 Å². The first kappa shape index (κ1) is 17.0. The van der Waals surface area contributed by atoms with Crippen LogP contribution in [0.4, 0.5) is 0 Å². The minimum atomic E-state index is -0.401. The first-order chi connectivity index (χ1) is 11.1. The first-order valence-corrected chi connectivity index (χ1v) is 8.16. The van der Waals surface area contributed by atoms with Crippen molar-refractivity contribution < 1.29 is 19.1 Å². The Morgan fingerprint density at radius 2 is 1.96 bits per heavy atom. The van der Waals surface area contributed by atoms with Crippen LogP contribution in [0.5, 0.6) is 5.75 Å². The number of carbonyl (C=O) groups excluding carboxylic acids is 2. The van der Waals surface area contributed by atoms with E-state index >= 15 is 0 Å². The minimum absolute atomic E-state index is 0.0970. The summed E-state index contributed by atoms with van der Waals surface area (Å²) in [7, 11) is 1.34. The molecule has 1 atom stereocenters. The maximum absolute atomic E-state index is 12.4. The second kappa shape index (κ2) is 8.33. The Morgan fingerprint density at radius 1 is 1.22 bits per heavy atom. The number of carbonyl (C=O) groups is 2. The van der Waals surface area contributed by atoms with Gasteiger partial charge in [0.1, 0.15) is 5.75 Å². The van der Waals surface area contributed by atoms with E-state index in [1.165, 1.54) is 18.4 Å². The molecule has 0 saturated carbocycles. The van der Waals surface area contributed by atoms with Gasteiger partial charge in [0.2, 0.25) is 0 Å². The van der Waals surface area contributed by atoms with Crippen LogP contribution in [0.3, 0.4) is 0 Å². The zero-order valence-corrected chi connectivity index (χ0v) is 13.9. The van der Waals surface area contributed by atoms with Gasteiger partial charge in [-0.05, 0) is 42.6 Å². The van der Waals surface area contributed by atoms with Crippen LogP contribution in [0.15, 0.2) is 41.8 Å². The Morgan fingerprint density at radius 3 is 2.52 bits per heavy atom. The predicted molar refractivity (Wildman–Crippen MR) is 88.8 cm³/mol. The molecule has 0 bridgehead atoms. The Hall–Kier alpha value is -2.34. The fourth-order valence-electron chi connectivity index (χ4n) is 2.07. The van der Waals surface area contributed by atoms with Crippen molar-refractivity contribution in [3.8, 4) is 5.75 Å². The Bertz CT molecular complexity index is 637. The number of amides is 1. The number of hydrogen-bond donors (Lipinski definition) is 1. The number of benzene rings is 1. The number of hydrogen-bond acceptors (Lipinski definition) is 5. The van der Waals surface area contributed by atoms with Crippen LogP contribution < -0.4 is 10.1 Å². The molecule has 122 valence electrons. The van der Waals surface area contributed by atoms with Crippen molar-refractivity contribution in [2.24, 2.45) is 0 Å². The number of esters is 1. The number of thiophene rings is 1. The third kappa shape index (κ3) is 4.82. The first-order valence-electron chi connectivity index (χ1n) is 7.28. The van der Waals surface area contributed by atoms with E-state index < -0.39 is 6.04 Å². The highest BCUT2D eigenvalue weighted by Gasteiger charge is 2.20. The molecule has 1 aromatic carbocycles. The highest BCUT2D eigenvalue weighted by Crippen LogP contribution is 2.23. The molecule has 2 rings (SSSR count). The van der Waals surface area contributed by atoms with Crippen molar-refractivity contribution in [1.82, 2.24) is 5.32 Å². The molecule has 1 heterocycles. The van der Waals surface area contributed by atoms with Crippen molar-refractivity contribution >= 4 is 23.2 Å². The van der Waals surface area contributed by atoms with Crippen molar-refractivity contribution in [3.63, 3.8) is 0 Å². The molecular formula is C17H19NO4S. The van der Waals surface area contributed by atoms with Gasteiger partial charge in [-0.15, -0.1) is 11.3 Å². The zero-order valence-electron chi connectivity index (χ0n) is 13.1. The molecule has 0 aliphatic heterocycles. The van der Waals surface area contributed by atoms with Crippen LogP contribution in [0.25, 0.3) is 0 Å². The molecule has 1 amide bonds. The highest BCUT2D eigenvalue weighted by atomic mass is 32.1. The molecule has 0 aliphatic rings. The topological polar surface area (TPSA) is 64.6 Å². The number of ether oxygens (including phenoxy) is 2. The lowest BCUT2D eigenvalue weighted by atomic mass is 10.1. The Labute approximate surface area is 139 Å². The van der Waals surface area contributed by atoms with Crippen LogP contribution in [0.1, 0.15) is 34.6 Å². The van der Waals surface area contributed by atoms with Crippen molar-refractivity contribution in [2.75, 3.05) is 13.7 Å². The van der Waals surface area contributed by atoms with Crippen LogP contribution in [-0.2, 0) is 9.53 Å². The lowest BCUT2D eigenvalue weighted by Crippen LogP contribution is -2.30. The molecule has 5 nitrogen and oxygen atoms in total. The van der Waals surface area contributed by atoms with E-state index in [4.69, 9.17) is 9.47 Å². The highest BCUT2D eigenvalue weighted by molar-refractivity contribution is 7.10. The molecule has 2 aromatic rings. The van der Waals surface area contributed by atoms with Gasteiger partial charge in [0.25, 0.3) is 5.91 Å². The van der Waals surface area contributed by atoms with Crippen LogP contribution >= 0.6 is 11.3 Å². The Kier molecular flexibility index (Phi) is 6.17. The largest absolute Gasteiger partial charge is 0.494 e. The molecule has 1 N–H and O–H groups in total. The predicted octanol–water partition coefficient (Wildman–Crippen LogP) is 3.18. The van der Waals surface area contributed by atoms with Crippen molar-refractivity contribution in [1.29, 1.82) is 0 Å². The summed E-state index contributed by atoms with van der Waals surface area (Å²) in [4.78, 5) is 24.9. The zero-order chi connectivity index (χ0) is 16.7. The second-order valence-corrected chi connectivity index (χ2v) is 5.76. The van der Waals surface area contributed by atoms with Gasteiger partial charge in [-0.3, -0.25) is 9.59 Å². The fourth-order valence-corrected chi connectivity index (χ4v) is 2.85. The SMILES string of the molecule is CCOc1ccc(C(=O)NC(CC(=O)OC)c2cccs2)cc1. The van der Waals surface area contributed by atoms with Crippen molar-refractivity contribution in [2.45, 2.75) is 19.4 Å². The normalized spacial score (nSPS) is 11.6. The summed E-state index contributed by atoms with van der Waals surface area (Å²) < 4.78 is 10.1. The maximum atomic E-state index is 12.4. The van der Waals surface area contributed by atoms with E-state index in [2.05, 4.69) is 5.32 Å². The third-order valence-electron chi connectivity index (χ3n) is 3.22. The minimum Gasteiger partial charge on any atom is -0.494 e. The summed E-state index contributed by atoms with van der Waals surface area (Å²) >= 11 is 1.49. The van der Waals surface area contributed by atoms with Gasteiger partial charge in [0, 0.05) is 10.4 Å². The summed E-state index contributed by atoms with van der Waals surface area (Å²) in [6.07, 6.45) is 0.0970. The molecule has 1 unspecified atom stereocenters. The molecule has 1 aromatic heterocycles. The standard InChI is InChI=1S/C17H19NO4S/c1-3-22-13-8-6-12(7-9-13)17(20)18-14(11-16(19)21-2)15-5-4-10-23-15/h4-10,14H,3,11H2,1-2H3,(H,18,20). The van der Waals surface area contributed by atoms with E-state index in [0.29, 0.717) is 17.9 Å². The summed E-state index contributed by atoms with van der Waals surface area (Å²) in [5, 5.41) is 4.79. The lowest BCUT2D eigenvalue weighted by Gasteiger charge is -2.16. The summed E-state index contributed by atoms with van der Waals surface area (Å²) in [6.45, 7) is 2.48. The summed E-state index contributed by atoms with van der Waals surface area (Å²) in [5.74, 6) is 0.110. The van der Waals surface area contributed by atoms with Crippen LogP contribution in [0.2, 0.25) is 0 Å². The quantitative estimate of drug-likeness (QED) is 0.791. The van der Waals surface area contributed by atoms with Gasteiger partial charge >= 0.3 is 5.97 Å². The van der Waals surface area contributed by atoms with E-state index in [1.807, 2.05) is 24.4 Å². The van der Waals surface area contributed by atoms with Gasteiger partial charge in [0.05, 0.1) is 26.2 Å². The third-order valence-corrected chi connectivity index (χ3v) is 4.20. The molecule has 0 aliphatic carbocycles. The van der Waals surface area contributed by atoms with E-state index in [1.54, 1.807) is 24.3 Å². The second-order valence-electron chi connectivity index (χ2n) is 4.78. The summed E-state index contributed by atoms with van der Waals surface area (Å²) in [6, 6.07) is 10.3. The van der Waals surface area contributed by atoms with Gasteiger partial charge < -0.3 is 14.8 Å². The number of methoxy groups -OCH3 is 1. The molecule has 0 radical (unpaired) electrons. The number of nitrogens with one attached hydrogen (secondary N) is 1. The fraction of sp³-hybridized carbons (Fsp3) is 0.294. The molecule has 0 saturated heterocycles. The van der Waals surface area contributed by atoms with Gasteiger partial charge in [-0.25, -0.2) is 0 Å². The van der Waals surface area contributed by atoms with E-state index in [9.17, 15) is 9.59 Å². The summed E-state index contributed by atoms with van der Waals surface area (Å²) in [5.41, 5.74) is 0.514. The monoisotopic (exact) mass is 333 g/mol. The average molecular weight is 333 g/mol. The molecule has 23 heavy (non-hydrogen) atoms. The van der Waals surface area contributed by atoms with Crippen molar-refractivity contribution in [3.05, 3.63) is 52.2 Å². The van der Waals surface area contributed by atoms with E-state index in [-0.39, 0.29) is 18.3 Å². The molecular weight excluding hydrogens is 314 g/mol. The molecule has 6 heteroatoms. The van der Waals surface area contributed by atoms with Crippen LogP contribution in [-0.4, -0.2) is 25.6 Å². The van der Waals surface area contributed by atoms with Gasteiger partial charge in [-0.2, -0.15) is 0 Å². The smallest absolute Gasteiger partial charge is 0.307 e. The molecule has 0 spiro atoms. The average Bonchev–Trinajstić information content (AvgIpc) is 3.09. The van der Waals surface area contributed by atoms with Gasteiger partial charge in [0.15, 0.2) is 0 Å². The van der Waals surface area contributed by atoms with Crippen LogP contribution in [0, 0.1) is 0 Å². The molecule has 0 fully saturated rings. The number of rotatable bonds is 7.